The summed E-state index contributed by atoms with van der Waals surface area (Å²) in [7, 11) is -9.56. The Labute approximate surface area is 223 Å². The van der Waals surface area contributed by atoms with Crippen LogP contribution in [0.25, 0.3) is 10.8 Å². The number of benzene rings is 3. The van der Waals surface area contributed by atoms with E-state index in [0.29, 0.717) is 11.1 Å². The van der Waals surface area contributed by atoms with Gasteiger partial charge < -0.3 is 9.66 Å². The van der Waals surface area contributed by atoms with Gasteiger partial charge in [-0.15, -0.1) is 5.11 Å². The van der Waals surface area contributed by atoms with Crippen LogP contribution in [0.15, 0.2) is 62.5 Å². The number of nitrogens with zero attached hydrogens (tertiary/aromatic N) is 2. The monoisotopic (exact) mass is 480 g/mol. The van der Waals surface area contributed by atoms with Crippen molar-refractivity contribution in [3.63, 3.8) is 0 Å². The van der Waals surface area contributed by atoms with Crippen molar-refractivity contribution in [2.24, 2.45) is 10.2 Å². The fourth-order valence-corrected chi connectivity index (χ4v) is 4.42. The van der Waals surface area contributed by atoms with Crippen LogP contribution in [0.3, 0.4) is 0 Å². The van der Waals surface area contributed by atoms with E-state index >= 15 is 0 Å². The predicted molar refractivity (Wildman–Crippen MR) is 101 cm³/mol. The Kier molecular flexibility index (Phi) is 9.44. The molecule has 0 unspecified atom stereocenters. The molecule has 152 valence electrons. The number of azo groups is 1. The van der Waals surface area contributed by atoms with Crippen molar-refractivity contribution in [2.75, 3.05) is 0 Å². The molecule has 0 spiro atoms. The number of aryl methyl sites for hydroxylation is 2. The van der Waals surface area contributed by atoms with Gasteiger partial charge in [0.25, 0.3) is 10.1 Å². The Morgan fingerprint density at radius 3 is 2.00 bits per heavy atom. The SMILES string of the molecule is Cc1cc(C)c(N=Nc2cc(S(=O)(=O)[O-])c3ccccc3c2[O-])c(S(=O)(=O)O)c1.[Na+].[Na+]. The first-order valence-electron chi connectivity index (χ1n) is 8.08. The molecule has 0 saturated heterocycles. The maximum atomic E-state index is 12.6. The summed E-state index contributed by atoms with van der Waals surface area (Å²) in [6.07, 6.45) is 0. The molecule has 0 atom stereocenters. The summed E-state index contributed by atoms with van der Waals surface area (Å²) in [5.74, 6) is -0.685. The molecule has 0 aliphatic heterocycles. The maximum Gasteiger partial charge on any atom is 1.00 e. The third-order valence-corrected chi connectivity index (χ3v) is 5.90. The average molecular weight is 480 g/mol. The minimum Gasteiger partial charge on any atom is -0.871 e. The fourth-order valence-electron chi connectivity index (χ4n) is 2.93. The van der Waals surface area contributed by atoms with Gasteiger partial charge >= 0.3 is 59.1 Å². The largest absolute Gasteiger partial charge is 1.00 e. The molecule has 1 N–H and O–H groups in total. The van der Waals surface area contributed by atoms with Crippen molar-refractivity contribution < 1.29 is 90.2 Å². The Morgan fingerprint density at radius 2 is 1.45 bits per heavy atom. The molecule has 31 heavy (non-hydrogen) atoms. The summed E-state index contributed by atoms with van der Waals surface area (Å²) in [5, 5.41) is 20.0. The molecule has 0 saturated carbocycles. The summed E-state index contributed by atoms with van der Waals surface area (Å²) in [6, 6.07) is 9.21. The quantitative estimate of drug-likeness (QED) is 0.238. The number of hydrogen-bond acceptors (Lipinski definition) is 8. The van der Waals surface area contributed by atoms with Crippen LogP contribution < -0.4 is 64.2 Å². The topological polar surface area (TPSA) is 159 Å². The van der Waals surface area contributed by atoms with Gasteiger partial charge in [-0.2, -0.15) is 13.5 Å². The van der Waals surface area contributed by atoms with Crippen LogP contribution in [-0.4, -0.2) is 25.9 Å². The summed E-state index contributed by atoms with van der Waals surface area (Å²) in [4.78, 5) is -1.15. The second kappa shape index (κ2) is 10.4. The maximum absolute atomic E-state index is 12.6. The first-order valence-corrected chi connectivity index (χ1v) is 10.9. The minimum absolute atomic E-state index is 0. The van der Waals surface area contributed by atoms with Crippen LogP contribution in [0.4, 0.5) is 11.4 Å². The zero-order valence-corrected chi connectivity index (χ0v) is 22.8. The Hall–Kier alpha value is -0.860. The molecule has 0 aliphatic carbocycles. The van der Waals surface area contributed by atoms with E-state index in [4.69, 9.17) is 0 Å². The van der Waals surface area contributed by atoms with E-state index in [1.807, 2.05) is 0 Å². The first kappa shape index (κ1) is 28.2. The second-order valence-electron chi connectivity index (χ2n) is 6.33. The van der Waals surface area contributed by atoms with Crippen LogP contribution in [0.2, 0.25) is 0 Å². The van der Waals surface area contributed by atoms with Gasteiger partial charge in [0.2, 0.25) is 0 Å². The average Bonchev–Trinajstić information content (AvgIpc) is 2.60. The minimum atomic E-state index is -4.92. The predicted octanol–water partition coefficient (Wildman–Crippen LogP) is -2.90. The Balaban J connectivity index is 0.00000240. The van der Waals surface area contributed by atoms with Crippen LogP contribution in [-0.2, 0) is 20.2 Å². The summed E-state index contributed by atoms with van der Waals surface area (Å²) in [6.45, 7) is 3.15. The van der Waals surface area contributed by atoms with Gasteiger partial charge in [0.15, 0.2) is 0 Å². The van der Waals surface area contributed by atoms with Gasteiger partial charge in [-0.25, -0.2) is 8.42 Å². The van der Waals surface area contributed by atoms with Gasteiger partial charge in [0.1, 0.15) is 20.7 Å². The van der Waals surface area contributed by atoms with Crippen molar-refractivity contribution in [1.29, 1.82) is 0 Å². The van der Waals surface area contributed by atoms with Crippen molar-refractivity contribution >= 4 is 42.4 Å². The molecule has 0 aromatic heterocycles. The van der Waals surface area contributed by atoms with Crippen LogP contribution in [0.5, 0.6) is 5.75 Å². The van der Waals surface area contributed by atoms with Crippen molar-refractivity contribution in [2.45, 2.75) is 23.6 Å². The molecule has 0 heterocycles. The third kappa shape index (κ3) is 6.14. The van der Waals surface area contributed by atoms with Crippen LogP contribution >= 0.6 is 0 Å². The van der Waals surface area contributed by atoms with Gasteiger partial charge in [-0.05, 0) is 47.9 Å². The molecule has 0 radical (unpaired) electrons. The fraction of sp³-hybridized carbons (Fsp3) is 0.111. The van der Waals surface area contributed by atoms with Gasteiger partial charge in [0, 0.05) is 0 Å². The van der Waals surface area contributed by atoms with Gasteiger partial charge in [-0.1, -0.05) is 36.1 Å². The van der Waals surface area contributed by atoms with E-state index < -0.39 is 41.5 Å². The molecule has 0 aliphatic rings. The standard InChI is InChI=1S/C18H16N2O7S2.2Na/c1-10-7-11(2)17(16(8-10)29(25,26)27)20-19-14-9-15(28(22,23)24)12-5-3-4-6-13(12)18(14)21;;/h3-9,21H,1-2H3,(H,22,23,24)(H,25,26,27);;/q;2*+1/p-2. The number of fused-ring (bicyclic) bond motifs is 1. The molecule has 0 amide bonds. The zero-order chi connectivity index (χ0) is 21.6. The van der Waals surface area contributed by atoms with Crippen molar-refractivity contribution in [1.82, 2.24) is 0 Å². The Morgan fingerprint density at radius 1 is 0.871 bits per heavy atom. The number of hydrogen-bond donors (Lipinski definition) is 1. The van der Waals surface area contributed by atoms with E-state index in [0.717, 1.165) is 6.07 Å². The summed E-state index contributed by atoms with van der Waals surface area (Å²) < 4.78 is 67.6. The molecule has 3 rings (SSSR count). The van der Waals surface area contributed by atoms with Crippen LogP contribution in [0, 0.1) is 13.8 Å². The van der Waals surface area contributed by atoms with E-state index in [9.17, 15) is 31.0 Å². The molecular weight excluding hydrogens is 466 g/mol. The molecule has 9 nitrogen and oxygen atoms in total. The molecule has 0 bridgehead atoms. The van der Waals surface area contributed by atoms with E-state index in [1.54, 1.807) is 13.0 Å². The summed E-state index contributed by atoms with van der Waals surface area (Å²) in [5.41, 5.74) is 0.229. The zero-order valence-electron chi connectivity index (χ0n) is 17.1. The second-order valence-corrected chi connectivity index (χ2v) is 9.06. The molecule has 3 aromatic carbocycles. The van der Waals surface area contributed by atoms with Gasteiger partial charge in [-0.3, -0.25) is 4.55 Å². The normalized spacial score (nSPS) is 11.9. The molecule has 13 heteroatoms. The van der Waals surface area contributed by atoms with E-state index in [2.05, 4.69) is 10.2 Å². The summed E-state index contributed by atoms with van der Waals surface area (Å²) >= 11 is 0. The molecule has 3 aromatic rings. The third-order valence-electron chi connectivity index (χ3n) is 4.15. The number of rotatable bonds is 4. The molecular formula is C18H14N2Na2O7S2. The van der Waals surface area contributed by atoms with Crippen LogP contribution in [0.1, 0.15) is 11.1 Å². The van der Waals surface area contributed by atoms with Gasteiger partial charge in [0.05, 0.1) is 10.6 Å². The van der Waals surface area contributed by atoms with E-state index in [1.165, 1.54) is 37.3 Å². The van der Waals surface area contributed by atoms with E-state index in [-0.39, 0.29) is 75.6 Å². The van der Waals surface area contributed by atoms with Crippen molar-refractivity contribution in [3.05, 3.63) is 53.6 Å². The smallest absolute Gasteiger partial charge is 0.871 e. The van der Waals surface area contributed by atoms with Crippen molar-refractivity contribution in [3.8, 4) is 5.75 Å². The molecule has 0 fully saturated rings. The first-order chi connectivity index (χ1) is 13.4. The Bertz CT molecular complexity index is 1390.